The fraction of sp³-hybridized carbons (Fsp3) is 0.188. The highest BCUT2D eigenvalue weighted by molar-refractivity contribution is 7.84. The van der Waals surface area contributed by atoms with E-state index < -0.39 is 16.7 Å². The maximum atomic E-state index is 12.5. The number of primary amides is 1. The number of aryl methyl sites for hydroxylation is 2. The highest BCUT2D eigenvalue weighted by atomic mass is 32.2. The number of hydrogen-bond acceptors (Lipinski definition) is 3. The summed E-state index contributed by atoms with van der Waals surface area (Å²) in [6.45, 7) is 3.91. The average Bonchev–Trinajstić information content (AvgIpc) is 2.43. The van der Waals surface area contributed by atoms with Gasteiger partial charge in [-0.15, -0.1) is 0 Å². The number of hydrogen-bond donors (Lipinski definition) is 2. The molecule has 21 heavy (non-hydrogen) atoms. The largest absolute Gasteiger partial charge is 0.398 e. The summed E-state index contributed by atoms with van der Waals surface area (Å²) in [4.78, 5) is 11.9. The lowest BCUT2D eigenvalue weighted by atomic mass is 10.1. The molecule has 4 nitrogen and oxygen atoms in total. The van der Waals surface area contributed by atoms with Gasteiger partial charge in [-0.05, 0) is 48.7 Å². The van der Waals surface area contributed by atoms with Crippen molar-refractivity contribution in [3.63, 3.8) is 0 Å². The van der Waals surface area contributed by atoms with Gasteiger partial charge in [0.2, 0.25) is 5.91 Å². The van der Waals surface area contributed by atoms with Gasteiger partial charge < -0.3 is 11.5 Å². The van der Waals surface area contributed by atoms with Crippen LogP contribution in [0.1, 0.15) is 27.0 Å². The summed E-state index contributed by atoms with van der Waals surface area (Å²) >= 11 is 0. The maximum absolute atomic E-state index is 12.5. The summed E-state index contributed by atoms with van der Waals surface area (Å²) in [5.41, 5.74) is 14.7. The van der Waals surface area contributed by atoms with Gasteiger partial charge in [-0.25, -0.2) is 0 Å². The SMILES string of the molecule is Cc1ccc(C)c(S(=O)Cc2ccc(C(N)=O)cc2N)c1. The molecular formula is C16H18N2O2S. The van der Waals surface area contributed by atoms with Crippen molar-refractivity contribution in [3.05, 3.63) is 58.7 Å². The van der Waals surface area contributed by atoms with Gasteiger partial charge in [0, 0.05) is 16.1 Å². The van der Waals surface area contributed by atoms with Crippen LogP contribution in [0.3, 0.4) is 0 Å². The first-order chi connectivity index (χ1) is 9.88. The van der Waals surface area contributed by atoms with Crippen LogP contribution in [0, 0.1) is 13.8 Å². The third kappa shape index (κ3) is 3.49. The third-order valence-electron chi connectivity index (χ3n) is 3.31. The van der Waals surface area contributed by atoms with Crippen molar-refractivity contribution in [2.45, 2.75) is 24.5 Å². The zero-order valence-corrected chi connectivity index (χ0v) is 12.9. The molecule has 0 aliphatic heterocycles. The standard InChI is InChI=1S/C16H18N2O2S/c1-10-3-4-11(2)15(7-10)21(20)9-13-6-5-12(16(18)19)8-14(13)17/h3-8H,9,17H2,1-2H3,(H2,18,19). The molecule has 0 heterocycles. The molecule has 1 atom stereocenters. The molecular weight excluding hydrogens is 284 g/mol. The lowest BCUT2D eigenvalue weighted by Gasteiger charge is -2.10. The van der Waals surface area contributed by atoms with E-state index in [4.69, 9.17) is 11.5 Å². The van der Waals surface area contributed by atoms with Crippen LogP contribution in [0.2, 0.25) is 0 Å². The third-order valence-corrected chi connectivity index (χ3v) is 4.81. The molecule has 1 unspecified atom stereocenters. The molecule has 2 aromatic rings. The summed E-state index contributed by atoms with van der Waals surface area (Å²) in [5, 5.41) is 0. The lowest BCUT2D eigenvalue weighted by molar-refractivity contribution is 0.100. The molecule has 2 rings (SSSR count). The molecule has 0 saturated carbocycles. The first-order valence-corrected chi connectivity index (χ1v) is 7.84. The Bertz CT molecular complexity index is 726. The Balaban J connectivity index is 2.27. The van der Waals surface area contributed by atoms with Crippen LogP contribution < -0.4 is 11.5 Å². The van der Waals surface area contributed by atoms with Gasteiger partial charge in [0.05, 0.1) is 16.6 Å². The average molecular weight is 302 g/mol. The Morgan fingerprint density at radius 1 is 1.14 bits per heavy atom. The van der Waals surface area contributed by atoms with Crippen molar-refractivity contribution in [1.29, 1.82) is 0 Å². The van der Waals surface area contributed by atoms with E-state index in [9.17, 15) is 9.00 Å². The first kappa shape index (κ1) is 15.3. The van der Waals surface area contributed by atoms with Crippen LogP contribution in [-0.2, 0) is 16.6 Å². The molecule has 0 bridgehead atoms. The predicted molar refractivity (Wildman–Crippen MR) is 85.4 cm³/mol. The van der Waals surface area contributed by atoms with Gasteiger partial charge in [-0.2, -0.15) is 0 Å². The number of rotatable bonds is 4. The van der Waals surface area contributed by atoms with Gasteiger partial charge in [0.1, 0.15) is 0 Å². The van der Waals surface area contributed by atoms with Crippen molar-refractivity contribution in [2.75, 3.05) is 5.73 Å². The van der Waals surface area contributed by atoms with Crippen LogP contribution in [0.15, 0.2) is 41.3 Å². The quantitative estimate of drug-likeness (QED) is 0.850. The van der Waals surface area contributed by atoms with E-state index in [1.165, 1.54) is 6.07 Å². The number of amides is 1. The van der Waals surface area contributed by atoms with Gasteiger partial charge in [0.15, 0.2) is 0 Å². The van der Waals surface area contributed by atoms with E-state index in [1.54, 1.807) is 12.1 Å². The van der Waals surface area contributed by atoms with Crippen LogP contribution in [0.25, 0.3) is 0 Å². The Kier molecular flexibility index (Phi) is 4.43. The van der Waals surface area contributed by atoms with Crippen LogP contribution in [0.4, 0.5) is 5.69 Å². The topological polar surface area (TPSA) is 86.2 Å². The lowest BCUT2D eigenvalue weighted by Crippen LogP contribution is -2.12. The van der Waals surface area contributed by atoms with Crippen molar-refractivity contribution in [1.82, 2.24) is 0 Å². The Hall–Kier alpha value is -2.14. The summed E-state index contributed by atoms with van der Waals surface area (Å²) < 4.78 is 12.5. The Morgan fingerprint density at radius 3 is 2.48 bits per heavy atom. The normalized spacial score (nSPS) is 12.1. The van der Waals surface area contributed by atoms with Crippen molar-refractivity contribution in [3.8, 4) is 0 Å². The summed E-state index contributed by atoms with van der Waals surface area (Å²) in [6.07, 6.45) is 0. The Morgan fingerprint density at radius 2 is 1.86 bits per heavy atom. The van der Waals surface area contributed by atoms with Crippen LogP contribution in [0.5, 0.6) is 0 Å². The smallest absolute Gasteiger partial charge is 0.248 e. The van der Waals surface area contributed by atoms with E-state index in [0.717, 1.165) is 21.6 Å². The molecule has 0 saturated heterocycles. The molecule has 0 aliphatic carbocycles. The second-order valence-electron chi connectivity index (χ2n) is 5.04. The molecule has 1 amide bonds. The number of anilines is 1. The highest BCUT2D eigenvalue weighted by Crippen LogP contribution is 2.21. The second-order valence-corrected chi connectivity index (χ2v) is 6.46. The zero-order valence-electron chi connectivity index (χ0n) is 12.1. The fourth-order valence-electron chi connectivity index (χ4n) is 2.05. The minimum atomic E-state index is -1.18. The van der Waals surface area contributed by atoms with Gasteiger partial charge in [0.25, 0.3) is 0 Å². The summed E-state index contributed by atoms with van der Waals surface area (Å²) in [5.74, 6) is -0.210. The van der Waals surface area contributed by atoms with Crippen molar-refractivity contribution < 1.29 is 9.00 Å². The highest BCUT2D eigenvalue weighted by Gasteiger charge is 2.12. The number of carbonyl (C=O) groups excluding carboxylic acids is 1. The summed E-state index contributed by atoms with van der Waals surface area (Å²) in [6, 6.07) is 10.7. The van der Waals surface area contributed by atoms with Gasteiger partial charge in [-0.1, -0.05) is 18.2 Å². The molecule has 110 valence electrons. The van der Waals surface area contributed by atoms with Crippen molar-refractivity contribution >= 4 is 22.4 Å². The first-order valence-electron chi connectivity index (χ1n) is 6.52. The zero-order chi connectivity index (χ0) is 15.6. The van der Waals surface area contributed by atoms with E-state index in [2.05, 4.69) is 0 Å². The molecule has 2 aromatic carbocycles. The van der Waals surface area contributed by atoms with E-state index >= 15 is 0 Å². The molecule has 4 N–H and O–H groups in total. The number of nitrogen functional groups attached to an aromatic ring is 1. The summed E-state index contributed by atoms with van der Waals surface area (Å²) in [7, 11) is -1.18. The van der Waals surface area contributed by atoms with E-state index in [-0.39, 0.29) is 0 Å². The van der Waals surface area contributed by atoms with Gasteiger partial charge >= 0.3 is 0 Å². The predicted octanol–water partition coefficient (Wildman–Crippen LogP) is 2.29. The van der Waals surface area contributed by atoms with E-state index in [1.807, 2.05) is 32.0 Å². The number of benzene rings is 2. The second kappa shape index (κ2) is 6.10. The molecule has 0 aromatic heterocycles. The van der Waals surface area contributed by atoms with Crippen LogP contribution >= 0.6 is 0 Å². The minimum absolute atomic E-state index is 0.315. The molecule has 5 heteroatoms. The molecule has 0 aliphatic rings. The van der Waals surface area contributed by atoms with Crippen molar-refractivity contribution in [2.24, 2.45) is 5.73 Å². The van der Waals surface area contributed by atoms with Gasteiger partial charge in [-0.3, -0.25) is 9.00 Å². The Labute approximate surface area is 126 Å². The number of carbonyl (C=O) groups is 1. The van der Waals surface area contributed by atoms with Crippen LogP contribution in [-0.4, -0.2) is 10.1 Å². The maximum Gasteiger partial charge on any atom is 0.248 e. The fourth-order valence-corrected chi connectivity index (χ4v) is 3.50. The molecule has 0 spiro atoms. The number of nitrogens with two attached hydrogens (primary N) is 2. The minimum Gasteiger partial charge on any atom is -0.398 e. The molecule has 0 radical (unpaired) electrons. The molecule has 0 fully saturated rings. The monoisotopic (exact) mass is 302 g/mol. The van der Waals surface area contributed by atoms with E-state index in [0.29, 0.717) is 17.0 Å².